The maximum Gasteiger partial charge on any atom is 0.363 e. The third kappa shape index (κ3) is 3.31. The van der Waals surface area contributed by atoms with Crippen LogP contribution in [0.1, 0.15) is 18.1 Å². The normalized spacial score (nSPS) is 16.3. The summed E-state index contributed by atoms with van der Waals surface area (Å²) in [6.45, 7) is 2.63. The monoisotopic (exact) mass is 367 g/mol. The summed E-state index contributed by atoms with van der Waals surface area (Å²) >= 11 is 0. The molecule has 0 radical (unpaired) electrons. The number of rotatable bonds is 5. The van der Waals surface area contributed by atoms with Crippen LogP contribution in [0.2, 0.25) is 0 Å². The Bertz CT molecular complexity index is 946. The van der Waals surface area contributed by atoms with Gasteiger partial charge in [0.1, 0.15) is 5.75 Å². The van der Waals surface area contributed by atoms with Crippen molar-refractivity contribution in [3.63, 3.8) is 0 Å². The van der Waals surface area contributed by atoms with Crippen LogP contribution in [0.15, 0.2) is 47.1 Å². The topological polar surface area (TPSA) is 75.6 Å². The Morgan fingerprint density at radius 1 is 1.19 bits per heavy atom. The highest BCUT2D eigenvalue weighted by Gasteiger charge is 2.25. The van der Waals surface area contributed by atoms with E-state index in [-0.39, 0.29) is 18.4 Å². The number of hydrogen-bond acceptors (Lipinski definition) is 7. The van der Waals surface area contributed by atoms with Crippen molar-refractivity contribution in [2.75, 3.05) is 20.5 Å². The van der Waals surface area contributed by atoms with Crippen molar-refractivity contribution in [2.24, 2.45) is 4.99 Å². The van der Waals surface area contributed by atoms with Gasteiger partial charge in [0.15, 0.2) is 17.2 Å². The highest BCUT2D eigenvalue weighted by atomic mass is 16.7. The summed E-state index contributed by atoms with van der Waals surface area (Å²) in [5, 5.41) is 0. The number of carbonyl (C=O) groups is 1. The van der Waals surface area contributed by atoms with Crippen molar-refractivity contribution < 1.29 is 28.5 Å². The van der Waals surface area contributed by atoms with Gasteiger partial charge in [-0.3, -0.25) is 0 Å². The SMILES string of the molecule is CCOc1ccc(C2=N/C(=C\c3cc(OC)c4c(c3)OCO4)C(=O)O2)cc1. The van der Waals surface area contributed by atoms with E-state index < -0.39 is 5.97 Å². The molecule has 0 N–H and O–H groups in total. The lowest BCUT2D eigenvalue weighted by molar-refractivity contribution is -0.129. The van der Waals surface area contributed by atoms with Crippen LogP contribution in [0.4, 0.5) is 0 Å². The van der Waals surface area contributed by atoms with Gasteiger partial charge in [0.25, 0.3) is 0 Å². The Balaban J connectivity index is 1.63. The van der Waals surface area contributed by atoms with Gasteiger partial charge in [-0.2, -0.15) is 0 Å². The standard InChI is InChI=1S/C20H17NO6/c1-3-24-14-6-4-13(5-7-14)19-21-15(20(22)27-19)8-12-9-16(23-2)18-17(10-12)25-11-26-18/h4-10H,3,11H2,1-2H3/b15-8-. The molecule has 0 amide bonds. The first-order chi connectivity index (χ1) is 13.2. The molecule has 2 aliphatic rings. The Hall–Kier alpha value is -3.48. The fourth-order valence-corrected chi connectivity index (χ4v) is 2.78. The van der Waals surface area contributed by atoms with Crippen LogP contribution in [0.5, 0.6) is 23.0 Å². The van der Waals surface area contributed by atoms with Crippen LogP contribution >= 0.6 is 0 Å². The lowest BCUT2D eigenvalue weighted by Gasteiger charge is -2.05. The summed E-state index contributed by atoms with van der Waals surface area (Å²) in [4.78, 5) is 16.5. The van der Waals surface area contributed by atoms with Gasteiger partial charge in [-0.25, -0.2) is 9.79 Å². The molecule has 0 saturated carbocycles. The molecule has 138 valence electrons. The molecule has 0 atom stereocenters. The van der Waals surface area contributed by atoms with Crippen LogP contribution in [0.25, 0.3) is 6.08 Å². The van der Waals surface area contributed by atoms with Gasteiger partial charge in [-0.1, -0.05) is 0 Å². The largest absolute Gasteiger partial charge is 0.494 e. The number of methoxy groups -OCH3 is 1. The van der Waals surface area contributed by atoms with Gasteiger partial charge in [0, 0.05) is 5.56 Å². The van der Waals surface area contributed by atoms with Crippen LogP contribution in [0.3, 0.4) is 0 Å². The molecule has 2 heterocycles. The fraction of sp³-hybridized carbons (Fsp3) is 0.200. The maximum absolute atomic E-state index is 12.2. The molecule has 2 aromatic carbocycles. The summed E-state index contributed by atoms with van der Waals surface area (Å²) in [5.41, 5.74) is 1.58. The Morgan fingerprint density at radius 2 is 2.00 bits per heavy atom. The first-order valence-corrected chi connectivity index (χ1v) is 8.41. The highest BCUT2D eigenvalue weighted by Crippen LogP contribution is 2.42. The predicted molar refractivity (Wildman–Crippen MR) is 97.3 cm³/mol. The van der Waals surface area contributed by atoms with E-state index in [4.69, 9.17) is 23.7 Å². The Labute approximate surface area is 155 Å². The lowest BCUT2D eigenvalue weighted by atomic mass is 10.1. The van der Waals surface area contributed by atoms with Crippen molar-refractivity contribution in [1.82, 2.24) is 0 Å². The number of nitrogens with zero attached hydrogens (tertiary/aromatic N) is 1. The van der Waals surface area contributed by atoms with E-state index in [9.17, 15) is 4.79 Å². The second-order valence-corrected chi connectivity index (χ2v) is 5.75. The minimum absolute atomic E-state index is 0.133. The molecule has 0 bridgehead atoms. The van der Waals surface area contributed by atoms with E-state index in [1.54, 1.807) is 49.6 Å². The molecule has 2 aromatic rings. The zero-order chi connectivity index (χ0) is 18.8. The summed E-state index contributed by atoms with van der Waals surface area (Å²) < 4.78 is 26.8. The van der Waals surface area contributed by atoms with E-state index in [1.807, 2.05) is 6.92 Å². The van der Waals surface area contributed by atoms with Gasteiger partial charge in [0.05, 0.1) is 13.7 Å². The maximum atomic E-state index is 12.2. The van der Waals surface area contributed by atoms with Crippen LogP contribution < -0.4 is 18.9 Å². The fourth-order valence-electron chi connectivity index (χ4n) is 2.78. The zero-order valence-corrected chi connectivity index (χ0v) is 14.9. The lowest BCUT2D eigenvalue weighted by Crippen LogP contribution is -2.05. The van der Waals surface area contributed by atoms with Gasteiger partial charge >= 0.3 is 5.97 Å². The van der Waals surface area contributed by atoms with Crippen LogP contribution in [0, 0.1) is 0 Å². The molecule has 2 aliphatic heterocycles. The minimum Gasteiger partial charge on any atom is -0.494 e. The number of fused-ring (bicyclic) bond motifs is 1. The second kappa shape index (κ2) is 7.03. The molecule has 0 aromatic heterocycles. The summed E-state index contributed by atoms with van der Waals surface area (Å²) in [7, 11) is 1.54. The smallest absolute Gasteiger partial charge is 0.363 e. The summed E-state index contributed by atoms with van der Waals surface area (Å²) in [6.07, 6.45) is 1.62. The number of ether oxygens (including phenoxy) is 5. The Kier molecular flexibility index (Phi) is 4.42. The predicted octanol–water partition coefficient (Wildman–Crippen LogP) is 3.17. The molecule has 0 saturated heterocycles. The van der Waals surface area contributed by atoms with Gasteiger partial charge in [-0.15, -0.1) is 0 Å². The molecule has 27 heavy (non-hydrogen) atoms. The molecule has 0 fully saturated rings. The van der Waals surface area contributed by atoms with Crippen LogP contribution in [-0.4, -0.2) is 32.4 Å². The van der Waals surface area contributed by atoms with E-state index in [2.05, 4.69) is 4.99 Å². The number of benzene rings is 2. The van der Waals surface area contributed by atoms with Crippen molar-refractivity contribution in [3.8, 4) is 23.0 Å². The first-order valence-electron chi connectivity index (χ1n) is 8.41. The molecule has 7 heteroatoms. The van der Waals surface area contributed by atoms with Crippen molar-refractivity contribution in [2.45, 2.75) is 6.92 Å². The van der Waals surface area contributed by atoms with Crippen molar-refractivity contribution in [1.29, 1.82) is 0 Å². The van der Waals surface area contributed by atoms with Gasteiger partial charge < -0.3 is 23.7 Å². The quantitative estimate of drug-likeness (QED) is 0.597. The zero-order valence-electron chi connectivity index (χ0n) is 14.9. The number of carbonyl (C=O) groups excluding carboxylic acids is 1. The number of cyclic esters (lactones) is 1. The summed E-state index contributed by atoms with van der Waals surface area (Å²) in [5.74, 6) is 2.11. The van der Waals surface area contributed by atoms with Gasteiger partial charge in [0.2, 0.25) is 18.4 Å². The summed E-state index contributed by atoms with van der Waals surface area (Å²) in [6, 6.07) is 10.7. The third-order valence-corrected chi connectivity index (χ3v) is 4.02. The highest BCUT2D eigenvalue weighted by molar-refractivity contribution is 6.12. The number of esters is 1. The minimum atomic E-state index is -0.518. The number of hydrogen-bond donors (Lipinski definition) is 0. The molecule has 4 rings (SSSR count). The average molecular weight is 367 g/mol. The number of aliphatic imine (C=N–C) groups is 1. The van der Waals surface area contributed by atoms with E-state index >= 15 is 0 Å². The molecule has 0 aliphatic carbocycles. The van der Waals surface area contributed by atoms with Crippen molar-refractivity contribution >= 4 is 17.9 Å². The average Bonchev–Trinajstić information content (AvgIpc) is 3.29. The molecule has 0 unspecified atom stereocenters. The van der Waals surface area contributed by atoms with E-state index in [0.29, 0.717) is 35.0 Å². The molecule has 7 nitrogen and oxygen atoms in total. The van der Waals surface area contributed by atoms with Crippen LogP contribution in [-0.2, 0) is 9.53 Å². The molecular formula is C20H17NO6. The Morgan fingerprint density at radius 3 is 2.74 bits per heavy atom. The van der Waals surface area contributed by atoms with Crippen molar-refractivity contribution in [3.05, 3.63) is 53.2 Å². The first kappa shape index (κ1) is 17.0. The second-order valence-electron chi connectivity index (χ2n) is 5.75. The molecule has 0 spiro atoms. The third-order valence-electron chi connectivity index (χ3n) is 4.02. The molecular weight excluding hydrogens is 350 g/mol. The van der Waals surface area contributed by atoms with E-state index in [1.165, 1.54) is 0 Å². The van der Waals surface area contributed by atoms with Gasteiger partial charge in [-0.05, 0) is 55.0 Å². The van der Waals surface area contributed by atoms with E-state index in [0.717, 1.165) is 5.75 Å².